The van der Waals surface area contributed by atoms with E-state index in [4.69, 9.17) is 5.73 Å². The number of piperazine rings is 1. The van der Waals surface area contributed by atoms with Crippen LogP contribution in [0.4, 0.5) is 4.79 Å². The molecule has 1 aromatic rings. The monoisotopic (exact) mass is 424 g/mol. The van der Waals surface area contributed by atoms with Crippen LogP contribution in [-0.2, 0) is 14.8 Å². The van der Waals surface area contributed by atoms with Crippen molar-refractivity contribution in [3.05, 3.63) is 29.8 Å². The van der Waals surface area contributed by atoms with Crippen LogP contribution in [0.1, 0.15) is 51.0 Å². The summed E-state index contributed by atoms with van der Waals surface area (Å²) in [7, 11) is -3.55. The number of primary amides is 1. The van der Waals surface area contributed by atoms with Crippen molar-refractivity contribution in [2.45, 2.75) is 50.3 Å². The zero-order valence-electron chi connectivity index (χ0n) is 17.3. The summed E-state index contributed by atoms with van der Waals surface area (Å²) in [5.74, 6) is 0.409. The summed E-state index contributed by atoms with van der Waals surface area (Å²) in [5, 5.41) is 2.49. The largest absolute Gasteiger partial charge is 0.352 e. The number of urea groups is 1. The number of benzene rings is 1. The number of carbonyl (C=O) groups excluding carboxylic acids is 2. The minimum Gasteiger partial charge on any atom is -0.352 e. The lowest BCUT2D eigenvalue weighted by molar-refractivity contribution is -0.132. The van der Waals surface area contributed by atoms with Gasteiger partial charge in [-0.25, -0.2) is 13.2 Å². The molecule has 1 heterocycles. The average molecular weight is 425 g/mol. The van der Waals surface area contributed by atoms with Gasteiger partial charge in [0.2, 0.25) is 15.9 Å². The second-order valence-corrected chi connectivity index (χ2v) is 9.35. The fraction of sp³-hybridized carbons (Fsp3) is 0.600. The highest BCUT2D eigenvalue weighted by Crippen LogP contribution is 2.23. The molecular formula is C20H32N4O4S. The maximum Gasteiger partial charge on any atom is 0.312 e. The third kappa shape index (κ3) is 6.43. The van der Waals surface area contributed by atoms with Crippen molar-refractivity contribution < 1.29 is 18.0 Å². The van der Waals surface area contributed by atoms with E-state index in [0.717, 1.165) is 12.0 Å². The number of nitrogens with zero attached hydrogens (tertiary/aromatic N) is 2. The highest BCUT2D eigenvalue weighted by Gasteiger charge is 2.29. The van der Waals surface area contributed by atoms with E-state index in [0.29, 0.717) is 62.8 Å². The first kappa shape index (κ1) is 23.2. The summed E-state index contributed by atoms with van der Waals surface area (Å²) in [6, 6.07) is 6.55. The minimum absolute atomic E-state index is 0.0130. The zero-order valence-corrected chi connectivity index (χ0v) is 18.1. The summed E-state index contributed by atoms with van der Waals surface area (Å²) in [6.45, 7) is 6.05. The van der Waals surface area contributed by atoms with Crippen LogP contribution < -0.4 is 11.1 Å². The Hall–Kier alpha value is -2.13. The number of sulfonamides is 1. The SMILES string of the molecule is CC[C@H](C)c1ccc(S(=O)(=O)N2CCN(C(=O)CCCCNC(N)=O)CC2)cc1. The molecule has 0 radical (unpaired) electrons. The molecule has 9 heteroatoms. The van der Waals surface area contributed by atoms with Crippen molar-refractivity contribution in [1.82, 2.24) is 14.5 Å². The Balaban J connectivity index is 1.84. The molecule has 8 nitrogen and oxygen atoms in total. The molecule has 3 N–H and O–H groups in total. The van der Waals surface area contributed by atoms with Crippen LogP contribution >= 0.6 is 0 Å². The standard InChI is InChI=1S/C20H32N4O4S/c1-3-16(2)17-7-9-18(10-8-17)29(27,28)24-14-12-23(13-15-24)19(25)6-4-5-11-22-20(21)26/h7-10,16H,3-6,11-15H2,1-2H3,(H3,21,22,26)/t16-/m0/s1. The molecule has 1 aromatic carbocycles. The van der Waals surface area contributed by atoms with Crippen LogP contribution in [0.25, 0.3) is 0 Å². The van der Waals surface area contributed by atoms with Gasteiger partial charge in [0, 0.05) is 39.1 Å². The molecular weight excluding hydrogens is 392 g/mol. The lowest BCUT2D eigenvalue weighted by Crippen LogP contribution is -2.50. The molecule has 0 unspecified atom stereocenters. The quantitative estimate of drug-likeness (QED) is 0.589. The number of hydrogen-bond donors (Lipinski definition) is 2. The number of nitrogens with one attached hydrogen (secondary N) is 1. The highest BCUT2D eigenvalue weighted by atomic mass is 32.2. The second kappa shape index (κ2) is 10.6. The third-order valence-corrected chi connectivity index (χ3v) is 7.32. The van der Waals surface area contributed by atoms with Gasteiger partial charge in [-0.1, -0.05) is 26.0 Å². The Kier molecular flexibility index (Phi) is 8.45. The van der Waals surface area contributed by atoms with Crippen molar-refractivity contribution in [2.75, 3.05) is 32.7 Å². The molecule has 1 aliphatic rings. The highest BCUT2D eigenvalue weighted by molar-refractivity contribution is 7.89. The molecule has 3 amide bonds. The van der Waals surface area contributed by atoms with Gasteiger partial charge in [-0.2, -0.15) is 4.31 Å². The van der Waals surface area contributed by atoms with Gasteiger partial charge in [0.25, 0.3) is 0 Å². The van der Waals surface area contributed by atoms with Gasteiger partial charge in [0.15, 0.2) is 0 Å². The van der Waals surface area contributed by atoms with E-state index in [-0.39, 0.29) is 5.91 Å². The molecule has 0 aromatic heterocycles. The van der Waals surface area contributed by atoms with E-state index in [9.17, 15) is 18.0 Å². The Labute approximate surface area is 173 Å². The van der Waals surface area contributed by atoms with Crippen LogP contribution in [0.5, 0.6) is 0 Å². The molecule has 162 valence electrons. The van der Waals surface area contributed by atoms with Crippen LogP contribution in [0.2, 0.25) is 0 Å². The number of carbonyl (C=O) groups is 2. The molecule has 1 fully saturated rings. The molecule has 1 aliphatic heterocycles. The number of rotatable bonds is 9. The predicted octanol–water partition coefficient (Wildman–Crippen LogP) is 1.87. The lowest BCUT2D eigenvalue weighted by Gasteiger charge is -2.34. The molecule has 0 saturated carbocycles. The molecule has 2 rings (SSSR count). The maximum absolute atomic E-state index is 12.9. The summed E-state index contributed by atoms with van der Waals surface area (Å²) >= 11 is 0. The van der Waals surface area contributed by atoms with E-state index in [2.05, 4.69) is 19.2 Å². The second-order valence-electron chi connectivity index (χ2n) is 7.41. The van der Waals surface area contributed by atoms with Gasteiger partial charge in [-0.15, -0.1) is 0 Å². The first-order valence-electron chi connectivity index (χ1n) is 10.2. The fourth-order valence-corrected chi connectivity index (χ4v) is 4.72. The van der Waals surface area contributed by atoms with Gasteiger partial charge in [0.05, 0.1) is 4.90 Å². The first-order valence-corrected chi connectivity index (χ1v) is 11.6. The third-order valence-electron chi connectivity index (χ3n) is 5.41. The van der Waals surface area contributed by atoms with E-state index < -0.39 is 16.1 Å². The average Bonchev–Trinajstić information content (AvgIpc) is 2.72. The van der Waals surface area contributed by atoms with E-state index >= 15 is 0 Å². The summed E-state index contributed by atoms with van der Waals surface area (Å²) < 4.78 is 27.2. The Morgan fingerprint density at radius 1 is 1.10 bits per heavy atom. The molecule has 1 atom stereocenters. The van der Waals surface area contributed by atoms with Crippen LogP contribution in [-0.4, -0.2) is 62.3 Å². The van der Waals surface area contributed by atoms with Crippen LogP contribution in [0, 0.1) is 0 Å². The maximum atomic E-state index is 12.9. The van der Waals surface area contributed by atoms with E-state index in [1.54, 1.807) is 17.0 Å². The Morgan fingerprint density at radius 3 is 2.28 bits per heavy atom. The van der Waals surface area contributed by atoms with Gasteiger partial charge >= 0.3 is 6.03 Å². The minimum atomic E-state index is -3.55. The summed E-state index contributed by atoms with van der Waals surface area (Å²) in [6.07, 6.45) is 2.71. The predicted molar refractivity (Wildman–Crippen MR) is 112 cm³/mol. The number of nitrogens with two attached hydrogens (primary N) is 1. The van der Waals surface area contributed by atoms with Gasteiger partial charge in [-0.3, -0.25) is 4.79 Å². The molecule has 29 heavy (non-hydrogen) atoms. The normalized spacial score (nSPS) is 16.4. The molecule has 0 bridgehead atoms. The topological polar surface area (TPSA) is 113 Å². The van der Waals surface area contributed by atoms with E-state index in [1.165, 1.54) is 4.31 Å². The van der Waals surface area contributed by atoms with Gasteiger partial charge < -0.3 is 16.0 Å². The van der Waals surface area contributed by atoms with Gasteiger partial charge in [-0.05, 0) is 42.9 Å². The Morgan fingerprint density at radius 2 is 1.72 bits per heavy atom. The van der Waals surface area contributed by atoms with Crippen molar-refractivity contribution in [3.63, 3.8) is 0 Å². The lowest BCUT2D eigenvalue weighted by atomic mass is 9.99. The van der Waals surface area contributed by atoms with Crippen molar-refractivity contribution in [1.29, 1.82) is 0 Å². The molecule has 0 spiro atoms. The first-order chi connectivity index (χ1) is 13.8. The Bertz CT molecular complexity index is 787. The van der Waals surface area contributed by atoms with Crippen molar-refractivity contribution >= 4 is 22.0 Å². The fourth-order valence-electron chi connectivity index (χ4n) is 3.30. The van der Waals surface area contributed by atoms with Crippen LogP contribution in [0.15, 0.2) is 29.2 Å². The number of hydrogen-bond acceptors (Lipinski definition) is 4. The summed E-state index contributed by atoms with van der Waals surface area (Å²) in [5.41, 5.74) is 6.12. The number of unbranched alkanes of at least 4 members (excludes halogenated alkanes) is 1. The zero-order chi connectivity index (χ0) is 21.4. The van der Waals surface area contributed by atoms with Crippen molar-refractivity contribution in [2.24, 2.45) is 5.73 Å². The van der Waals surface area contributed by atoms with Gasteiger partial charge in [0.1, 0.15) is 0 Å². The smallest absolute Gasteiger partial charge is 0.312 e. The van der Waals surface area contributed by atoms with Crippen molar-refractivity contribution in [3.8, 4) is 0 Å². The molecule has 0 aliphatic carbocycles. The summed E-state index contributed by atoms with van der Waals surface area (Å²) in [4.78, 5) is 24.9. The van der Waals surface area contributed by atoms with Crippen LogP contribution in [0.3, 0.4) is 0 Å². The number of amides is 3. The molecule has 1 saturated heterocycles. The van der Waals surface area contributed by atoms with E-state index in [1.807, 2.05) is 12.1 Å².